The molecule has 2 heteroatoms. The van der Waals surface area contributed by atoms with E-state index in [1.165, 1.54) is 32.6 Å². The van der Waals surface area contributed by atoms with E-state index in [0.717, 1.165) is 0 Å². The fourth-order valence-corrected chi connectivity index (χ4v) is 2.13. The Labute approximate surface area is 96.6 Å². The van der Waals surface area contributed by atoms with Gasteiger partial charge in [0.1, 0.15) is 0 Å². The van der Waals surface area contributed by atoms with Crippen LogP contribution in [0, 0.1) is 0 Å². The van der Waals surface area contributed by atoms with Gasteiger partial charge in [0.15, 0.2) is 0 Å². The molecule has 0 aliphatic carbocycles. The summed E-state index contributed by atoms with van der Waals surface area (Å²) in [7, 11) is 0. The molecule has 92 valence electrons. The predicted octanol–water partition coefficient (Wildman–Crippen LogP) is 2.84. The highest BCUT2D eigenvalue weighted by Crippen LogP contribution is 2.06. The van der Waals surface area contributed by atoms with E-state index in [9.17, 15) is 0 Å². The molecule has 0 radical (unpaired) electrons. The molecule has 0 N–H and O–H groups in total. The summed E-state index contributed by atoms with van der Waals surface area (Å²) in [4.78, 5) is 5.07. The first-order valence-electron chi connectivity index (χ1n) is 6.50. The highest BCUT2D eigenvalue weighted by Gasteiger charge is 2.12. The molecular formula is C13H30N2. The summed E-state index contributed by atoms with van der Waals surface area (Å²) < 4.78 is 0. The van der Waals surface area contributed by atoms with Crippen LogP contribution in [0.1, 0.15) is 48.0 Å². The molecule has 0 aliphatic rings. The van der Waals surface area contributed by atoms with Gasteiger partial charge in [-0.1, -0.05) is 13.8 Å². The van der Waals surface area contributed by atoms with Crippen molar-refractivity contribution >= 4 is 0 Å². The molecular weight excluding hydrogens is 184 g/mol. The third-order valence-electron chi connectivity index (χ3n) is 3.11. The second-order valence-corrected chi connectivity index (χ2v) is 4.81. The first-order valence-corrected chi connectivity index (χ1v) is 6.50. The van der Waals surface area contributed by atoms with Crippen molar-refractivity contribution in [3.63, 3.8) is 0 Å². The van der Waals surface area contributed by atoms with E-state index >= 15 is 0 Å². The average molecular weight is 214 g/mol. The Balaban J connectivity index is 3.80. The van der Waals surface area contributed by atoms with Crippen LogP contribution in [0.15, 0.2) is 0 Å². The Hall–Kier alpha value is -0.0800. The molecule has 0 aromatic heterocycles. The molecule has 0 unspecified atom stereocenters. The van der Waals surface area contributed by atoms with Gasteiger partial charge < -0.3 is 4.90 Å². The van der Waals surface area contributed by atoms with Crippen LogP contribution in [0.5, 0.6) is 0 Å². The minimum atomic E-state index is 0.668. The summed E-state index contributed by atoms with van der Waals surface area (Å²) in [6, 6.07) is 1.34. The van der Waals surface area contributed by atoms with Gasteiger partial charge in [0.05, 0.1) is 0 Å². The van der Waals surface area contributed by atoms with E-state index in [-0.39, 0.29) is 0 Å². The van der Waals surface area contributed by atoms with E-state index in [1.54, 1.807) is 0 Å². The zero-order valence-corrected chi connectivity index (χ0v) is 11.6. The van der Waals surface area contributed by atoms with Crippen molar-refractivity contribution in [2.45, 2.75) is 60.0 Å². The topological polar surface area (TPSA) is 6.48 Å². The Morgan fingerprint density at radius 3 is 1.60 bits per heavy atom. The van der Waals surface area contributed by atoms with E-state index < -0.39 is 0 Å². The lowest BCUT2D eigenvalue weighted by molar-refractivity contribution is 0.162. The Morgan fingerprint density at radius 1 is 0.800 bits per heavy atom. The maximum atomic E-state index is 2.57. The molecule has 0 aliphatic heterocycles. The fraction of sp³-hybridized carbons (Fsp3) is 1.00. The summed E-state index contributed by atoms with van der Waals surface area (Å²) in [5.74, 6) is 0. The first kappa shape index (κ1) is 14.9. The van der Waals surface area contributed by atoms with Crippen molar-refractivity contribution in [1.82, 2.24) is 9.80 Å². The second-order valence-electron chi connectivity index (χ2n) is 4.81. The van der Waals surface area contributed by atoms with E-state index in [2.05, 4.69) is 51.3 Å². The second kappa shape index (κ2) is 8.12. The van der Waals surface area contributed by atoms with Gasteiger partial charge in [0, 0.05) is 12.1 Å². The summed E-state index contributed by atoms with van der Waals surface area (Å²) in [5, 5.41) is 0. The molecule has 0 bridgehead atoms. The van der Waals surface area contributed by atoms with Crippen molar-refractivity contribution in [3.05, 3.63) is 0 Å². The van der Waals surface area contributed by atoms with Crippen LogP contribution >= 0.6 is 0 Å². The zero-order chi connectivity index (χ0) is 11.8. The summed E-state index contributed by atoms with van der Waals surface area (Å²) >= 11 is 0. The number of hydrogen-bond donors (Lipinski definition) is 0. The summed E-state index contributed by atoms with van der Waals surface area (Å²) in [5.41, 5.74) is 0. The van der Waals surface area contributed by atoms with E-state index in [4.69, 9.17) is 0 Å². The van der Waals surface area contributed by atoms with Crippen LogP contribution in [-0.2, 0) is 0 Å². The maximum Gasteiger partial charge on any atom is 0.00413 e. The van der Waals surface area contributed by atoms with E-state index in [1.807, 2.05) is 0 Å². The highest BCUT2D eigenvalue weighted by atomic mass is 15.2. The van der Waals surface area contributed by atoms with Crippen LogP contribution < -0.4 is 0 Å². The highest BCUT2D eigenvalue weighted by molar-refractivity contribution is 4.68. The molecule has 0 fully saturated rings. The van der Waals surface area contributed by atoms with Gasteiger partial charge in [-0.15, -0.1) is 0 Å². The van der Waals surface area contributed by atoms with Crippen molar-refractivity contribution < 1.29 is 0 Å². The molecule has 0 rings (SSSR count). The number of rotatable bonds is 8. The van der Waals surface area contributed by atoms with Gasteiger partial charge >= 0.3 is 0 Å². The summed E-state index contributed by atoms with van der Waals surface area (Å²) in [6.07, 6.45) is 1.29. The molecule has 0 aromatic rings. The van der Waals surface area contributed by atoms with Gasteiger partial charge in [0.25, 0.3) is 0 Å². The van der Waals surface area contributed by atoms with Gasteiger partial charge in [0.2, 0.25) is 0 Å². The monoisotopic (exact) mass is 214 g/mol. The quantitative estimate of drug-likeness (QED) is 0.613. The molecule has 15 heavy (non-hydrogen) atoms. The molecule has 0 atom stereocenters. The standard InChI is InChI=1S/C13H30N2/c1-7-14(8-2)10-9-11-15(12(3)4)13(5)6/h12-13H,7-11H2,1-6H3. The number of hydrogen-bond acceptors (Lipinski definition) is 2. The molecule has 0 spiro atoms. The lowest BCUT2D eigenvalue weighted by Gasteiger charge is -2.31. The van der Waals surface area contributed by atoms with Gasteiger partial charge in [-0.3, -0.25) is 4.90 Å². The van der Waals surface area contributed by atoms with Crippen LogP contribution in [0.2, 0.25) is 0 Å². The molecule has 0 saturated carbocycles. The largest absolute Gasteiger partial charge is 0.304 e. The maximum absolute atomic E-state index is 2.57. The fourth-order valence-electron chi connectivity index (χ4n) is 2.13. The van der Waals surface area contributed by atoms with Crippen LogP contribution in [0.3, 0.4) is 0 Å². The van der Waals surface area contributed by atoms with Crippen LogP contribution in [-0.4, -0.2) is 48.1 Å². The van der Waals surface area contributed by atoms with Gasteiger partial charge in [-0.2, -0.15) is 0 Å². The molecule has 0 aromatic carbocycles. The predicted molar refractivity (Wildman–Crippen MR) is 69.4 cm³/mol. The zero-order valence-electron chi connectivity index (χ0n) is 11.6. The first-order chi connectivity index (χ1) is 7.02. The molecule has 0 heterocycles. The molecule has 0 saturated heterocycles. The van der Waals surface area contributed by atoms with Crippen molar-refractivity contribution in [2.24, 2.45) is 0 Å². The third-order valence-corrected chi connectivity index (χ3v) is 3.11. The minimum Gasteiger partial charge on any atom is -0.304 e. The number of nitrogens with zero attached hydrogens (tertiary/aromatic N) is 2. The molecule has 2 nitrogen and oxygen atoms in total. The Kier molecular flexibility index (Phi) is 8.07. The smallest absolute Gasteiger partial charge is 0.00413 e. The third kappa shape index (κ3) is 6.16. The van der Waals surface area contributed by atoms with Crippen molar-refractivity contribution in [2.75, 3.05) is 26.2 Å². The van der Waals surface area contributed by atoms with Crippen LogP contribution in [0.4, 0.5) is 0 Å². The van der Waals surface area contributed by atoms with Crippen molar-refractivity contribution in [1.29, 1.82) is 0 Å². The van der Waals surface area contributed by atoms with Gasteiger partial charge in [-0.25, -0.2) is 0 Å². The summed E-state index contributed by atoms with van der Waals surface area (Å²) in [6.45, 7) is 18.5. The molecule has 0 amide bonds. The Bertz CT molecular complexity index is 131. The lowest BCUT2D eigenvalue weighted by atomic mass is 10.2. The van der Waals surface area contributed by atoms with Crippen molar-refractivity contribution in [3.8, 4) is 0 Å². The lowest BCUT2D eigenvalue weighted by Crippen LogP contribution is -2.39. The minimum absolute atomic E-state index is 0.668. The van der Waals surface area contributed by atoms with Gasteiger partial charge in [-0.05, 0) is 60.3 Å². The normalized spacial score (nSPS) is 12.4. The van der Waals surface area contributed by atoms with Crippen LogP contribution in [0.25, 0.3) is 0 Å². The Morgan fingerprint density at radius 2 is 1.27 bits per heavy atom. The SMILES string of the molecule is CCN(CC)CCCN(C(C)C)C(C)C. The van der Waals surface area contributed by atoms with E-state index in [0.29, 0.717) is 12.1 Å². The average Bonchev–Trinajstić information content (AvgIpc) is 2.17.